The van der Waals surface area contributed by atoms with Crippen molar-refractivity contribution < 1.29 is 27.6 Å². The van der Waals surface area contributed by atoms with E-state index in [1.807, 2.05) is 0 Å². The SMILES string of the molecule is NC(CC(=O)N1CC(=O)N(CC=O)c2ccccc2C1)Cc1cc(F)c(F)cc1F. The minimum Gasteiger partial charge on any atom is -0.329 e. The highest BCUT2D eigenvalue weighted by Crippen LogP contribution is 2.26. The second kappa shape index (κ2) is 9.08. The molecular formula is C21H20F3N3O3. The van der Waals surface area contributed by atoms with E-state index < -0.39 is 35.3 Å². The van der Waals surface area contributed by atoms with Crippen LogP contribution >= 0.6 is 0 Å². The zero-order valence-electron chi connectivity index (χ0n) is 16.0. The van der Waals surface area contributed by atoms with E-state index in [0.29, 0.717) is 23.6 Å². The number of benzene rings is 2. The molecule has 6 nitrogen and oxygen atoms in total. The van der Waals surface area contributed by atoms with Crippen molar-refractivity contribution in [2.75, 3.05) is 18.0 Å². The molecule has 1 atom stereocenters. The molecule has 2 amide bonds. The van der Waals surface area contributed by atoms with Gasteiger partial charge in [0.05, 0.1) is 6.54 Å². The maximum absolute atomic E-state index is 13.8. The second-order valence-corrected chi connectivity index (χ2v) is 7.08. The number of para-hydroxylation sites is 1. The van der Waals surface area contributed by atoms with Crippen molar-refractivity contribution in [3.63, 3.8) is 0 Å². The van der Waals surface area contributed by atoms with E-state index in [-0.39, 0.29) is 38.0 Å². The number of carbonyl (C=O) groups is 3. The number of nitrogens with two attached hydrogens (primary N) is 1. The maximum atomic E-state index is 13.8. The highest BCUT2D eigenvalue weighted by Gasteiger charge is 2.29. The molecular weight excluding hydrogens is 399 g/mol. The Bertz CT molecular complexity index is 983. The maximum Gasteiger partial charge on any atom is 0.247 e. The van der Waals surface area contributed by atoms with Crippen molar-refractivity contribution in [1.82, 2.24) is 4.90 Å². The van der Waals surface area contributed by atoms with Crippen molar-refractivity contribution in [3.8, 4) is 0 Å². The average Bonchev–Trinajstić information content (AvgIpc) is 2.83. The number of hydrogen-bond acceptors (Lipinski definition) is 4. The van der Waals surface area contributed by atoms with Crippen LogP contribution in [0.3, 0.4) is 0 Å². The summed E-state index contributed by atoms with van der Waals surface area (Å²) in [6.45, 7) is -0.233. The van der Waals surface area contributed by atoms with Crippen LogP contribution in [0.5, 0.6) is 0 Å². The molecule has 1 aliphatic heterocycles. The van der Waals surface area contributed by atoms with Crippen molar-refractivity contribution in [2.45, 2.75) is 25.4 Å². The number of aldehydes is 1. The summed E-state index contributed by atoms with van der Waals surface area (Å²) in [4.78, 5) is 38.9. The molecule has 2 N–H and O–H groups in total. The molecule has 0 fully saturated rings. The number of hydrogen-bond donors (Lipinski definition) is 1. The summed E-state index contributed by atoms with van der Waals surface area (Å²) in [6, 6.07) is 7.23. The van der Waals surface area contributed by atoms with Gasteiger partial charge in [-0.1, -0.05) is 18.2 Å². The third kappa shape index (κ3) is 4.68. The predicted molar refractivity (Wildman–Crippen MR) is 103 cm³/mol. The summed E-state index contributed by atoms with van der Waals surface area (Å²) in [5, 5.41) is 0. The smallest absolute Gasteiger partial charge is 0.247 e. The molecule has 158 valence electrons. The minimum atomic E-state index is -1.30. The van der Waals surface area contributed by atoms with E-state index in [0.717, 1.165) is 6.07 Å². The van der Waals surface area contributed by atoms with E-state index in [1.165, 1.54) is 9.80 Å². The quantitative estimate of drug-likeness (QED) is 0.573. The lowest BCUT2D eigenvalue weighted by atomic mass is 10.0. The van der Waals surface area contributed by atoms with E-state index in [1.54, 1.807) is 24.3 Å². The van der Waals surface area contributed by atoms with E-state index in [2.05, 4.69) is 0 Å². The molecule has 9 heteroatoms. The Labute approximate surface area is 171 Å². The molecule has 1 aliphatic rings. The van der Waals surface area contributed by atoms with Gasteiger partial charge in [-0.2, -0.15) is 0 Å². The predicted octanol–water partition coefficient (Wildman–Crippen LogP) is 1.94. The highest BCUT2D eigenvalue weighted by molar-refractivity contribution is 6.00. The van der Waals surface area contributed by atoms with Gasteiger partial charge in [-0.25, -0.2) is 13.2 Å². The molecule has 1 unspecified atom stereocenters. The summed E-state index contributed by atoms with van der Waals surface area (Å²) in [5.74, 6) is -4.31. The Balaban J connectivity index is 1.73. The summed E-state index contributed by atoms with van der Waals surface area (Å²) < 4.78 is 40.3. The first kappa shape index (κ1) is 21.5. The van der Waals surface area contributed by atoms with Crippen LogP contribution in [0.2, 0.25) is 0 Å². The van der Waals surface area contributed by atoms with Crippen molar-refractivity contribution in [3.05, 3.63) is 65.0 Å². The van der Waals surface area contributed by atoms with Gasteiger partial charge in [0.2, 0.25) is 11.8 Å². The first-order valence-corrected chi connectivity index (χ1v) is 9.28. The van der Waals surface area contributed by atoms with E-state index >= 15 is 0 Å². The lowest BCUT2D eigenvalue weighted by molar-refractivity contribution is -0.135. The van der Waals surface area contributed by atoms with Crippen molar-refractivity contribution >= 4 is 23.8 Å². The van der Waals surface area contributed by atoms with Crippen LogP contribution in [-0.4, -0.2) is 42.1 Å². The monoisotopic (exact) mass is 419 g/mol. The van der Waals surface area contributed by atoms with Crippen LogP contribution in [-0.2, 0) is 27.3 Å². The molecule has 3 rings (SSSR count). The van der Waals surface area contributed by atoms with Gasteiger partial charge in [0.1, 0.15) is 18.6 Å². The number of halogens is 3. The first-order valence-electron chi connectivity index (χ1n) is 9.28. The number of rotatable bonds is 6. The fourth-order valence-corrected chi connectivity index (χ4v) is 3.43. The largest absolute Gasteiger partial charge is 0.329 e. The Hall–Kier alpha value is -3.20. The van der Waals surface area contributed by atoms with Gasteiger partial charge in [-0.3, -0.25) is 9.59 Å². The molecule has 0 saturated carbocycles. The topological polar surface area (TPSA) is 83.7 Å². The Morgan fingerprint density at radius 3 is 2.53 bits per heavy atom. The normalized spacial score (nSPS) is 14.9. The van der Waals surface area contributed by atoms with Gasteiger partial charge in [-0.05, 0) is 29.7 Å². The lowest BCUT2D eigenvalue weighted by Crippen LogP contribution is -2.42. The summed E-state index contributed by atoms with van der Waals surface area (Å²) in [6.07, 6.45) is 0.213. The van der Waals surface area contributed by atoms with E-state index in [9.17, 15) is 27.6 Å². The zero-order valence-corrected chi connectivity index (χ0v) is 16.0. The van der Waals surface area contributed by atoms with E-state index in [4.69, 9.17) is 5.73 Å². The summed E-state index contributed by atoms with van der Waals surface area (Å²) >= 11 is 0. The van der Waals surface area contributed by atoms with Crippen LogP contribution in [0, 0.1) is 17.5 Å². The van der Waals surface area contributed by atoms with Crippen molar-refractivity contribution in [1.29, 1.82) is 0 Å². The standard InChI is InChI=1S/C21H20F3N3O3/c22-16-10-18(24)17(23)8-14(16)7-15(25)9-20(29)26-11-13-3-1-2-4-19(13)27(5-6-28)21(30)12-26/h1-4,6,8,10,15H,5,7,9,11-12,25H2. The van der Waals surface area contributed by atoms with Gasteiger partial charge in [0, 0.05) is 30.8 Å². The molecule has 0 spiro atoms. The van der Waals surface area contributed by atoms with Gasteiger partial charge in [-0.15, -0.1) is 0 Å². The molecule has 2 aromatic rings. The van der Waals surface area contributed by atoms with Crippen LogP contribution in [0.1, 0.15) is 17.5 Å². The molecule has 0 bridgehead atoms. The van der Waals surface area contributed by atoms with Crippen LogP contribution < -0.4 is 10.6 Å². The number of anilines is 1. The molecule has 0 aromatic heterocycles. The Kier molecular flexibility index (Phi) is 6.51. The molecule has 2 aromatic carbocycles. The van der Waals surface area contributed by atoms with Gasteiger partial charge < -0.3 is 20.3 Å². The second-order valence-electron chi connectivity index (χ2n) is 7.08. The molecule has 0 saturated heterocycles. The fraction of sp³-hybridized carbons (Fsp3) is 0.286. The van der Waals surface area contributed by atoms with Crippen LogP contribution in [0.15, 0.2) is 36.4 Å². The minimum absolute atomic E-state index is 0.132. The average molecular weight is 419 g/mol. The highest BCUT2D eigenvalue weighted by atomic mass is 19.2. The zero-order chi connectivity index (χ0) is 21.8. The third-order valence-corrected chi connectivity index (χ3v) is 4.89. The molecule has 1 heterocycles. The number of carbonyl (C=O) groups excluding carboxylic acids is 3. The fourth-order valence-electron chi connectivity index (χ4n) is 3.43. The van der Waals surface area contributed by atoms with Crippen LogP contribution in [0.4, 0.5) is 18.9 Å². The molecule has 0 radical (unpaired) electrons. The number of amides is 2. The first-order chi connectivity index (χ1) is 14.3. The van der Waals surface area contributed by atoms with Gasteiger partial charge >= 0.3 is 0 Å². The summed E-state index contributed by atoms with van der Waals surface area (Å²) in [7, 11) is 0. The molecule has 0 aliphatic carbocycles. The lowest BCUT2D eigenvalue weighted by Gasteiger charge is -2.22. The van der Waals surface area contributed by atoms with Crippen LogP contribution in [0.25, 0.3) is 0 Å². The summed E-state index contributed by atoms with van der Waals surface area (Å²) in [5.41, 5.74) is 7.05. The number of nitrogens with zero attached hydrogens (tertiary/aromatic N) is 2. The number of fused-ring (bicyclic) bond motifs is 1. The molecule has 30 heavy (non-hydrogen) atoms. The van der Waals surface area contributed by atoms with Gasteiger partial charge in [0.25, 0.3) is 0 Å². The van der Waals surface area contributed by atoms with Gasteiger partial charge in [0.15, 0.2) is 11.6 Å². The third-order valence-electron chi connectivity index (χ3n) is 4.89. The Morgan fingerprint density at radius 1 is 1.10 bits per heavy atom. The Morgan fingerprint density at radius 2 is 1.80 bits per heavy atom. The van der Waals surface area contributed by atoms with Crippen molar-refractivity contribution in [2.24, 2.45) is 5.73 Å².